The average Bonchev–Trinajstić information content (AvgIpc) is 2.95. The summed E-state index contributed by atoms with van der Waals surface area (Å²) in [4.78, 5) is 0. The molecule has 2 nitrogen and oxygen atoms in total. The fourth-order valence-electron chi connectivity index (χ4n) is 3.54. The van der Waals surface area contributed by atoms with Crippen LogP contribution in [0.5, 0.6) is 0 Å². The van der Waals surface area contributed by atoms with Gasteiger partial charge in [0.25, 0.3) is 5.82 Å². The van der Waals surface area contributed by atoms with Crippen molar-refractivity contribution in [2.24, 2.45) is 0 Å². The van der Waals surface area contributed by atoms with Gasteiger partial charge in [-0.15, -0.1) is 0 Å². The molecule has 1 aromatic heterocycles. The smallest absolute Gasteiger partial charge is 0.234 e. The molecule has 0 atom stereocenters. The Morgan fingerprint density at radius 3 is 1.83 bits per heavy atom. The lowest BCUT2D eigenvalue weighted by Crippen LogP contribution is -2.38. The number of hydrogen-bond donors (Lipinski definition) is 0. The molecule has 1 heterocycles. The van der Waals surface area contributed by atoms with Crippen LogP contribution in [-0.2, 0) is 13.1 Å². The van der Waals surface area contributed by atoms with E-state index in [2.05, 4.69) is 49.2 Å². The topological polar surface area (TPSA) is 8.81 Å². The van der Waals surface area contributed by atoms with Crippen LogP contribution in [0.1, 0.15) is 110 Å². The van der Waals surface area contributed by atoms with Gasteiger partial charge in [0.2, 0.25) is 0 Å². The molecule has 1 aromatic rings. The maximum Gasteiger partial charge on any atom is 0.258 e. The molecule has 0 unspecified atom stereocenters. The zero-order valence-corrected chi connectivity index (χ0v) is 16.3. The molecule has 0 aliphatic rings. The Bertz CT molecular complexity index is 393. The lowest BCUT2D eigenvalue weighted by molar-refractivity contribution is -0.705. The predicted octanol–water partition coefficient (Wildman–Crippen LogP) is 6.23. The third-order valence-electron chi connectivity index (χ3n) is 4.87. The first-order valence-electron chi connectivity index (χ1n) is 10.3. The van der Waals surface area contributed by atoms with Crippen molar-refractivity contribution in [3.63, 3.8) is 0 Å². The first-order chi connectivity index (χ1) is 11.2. The summed E-state index contributed by atoms with van der Waals surface area (Å²) in [5, 5.41) is 0. The van der Waals surface area contributed by atoms with Gasteiger partial charge in [-0.3, -0.25) is 0 Å². The molecule has 0 aliphatic heterocycles. The van der Waals surface area contributed by atoms with Crippen LogP contribution in [-0.4, -0.2) is 4.57 Å². The first-order valence-corrected chi connectivity index (χ1v) is 10.3. The van der Waals surface area contributed by atoms with Crippen molar-refractivity contribution < 1.29 is 4.57 Å². The highest BCUT2D eigenvalue weighted by Gasteiger charge is 2.18. The third kappa shape index (κ3) is 8.04. The second-order valence-corrected chi connectivity index (χ2v) is 7.33. The van der Waals surface area contributed by atoms with Crippen LogP contribution in [0.25, 0.3) is 0 Å². The number of aromatic nitrogens is 2. The van der Waals surface area contributed by atoms with Gasteiger partial charge >= 0.3 is 0 Å². The van der Waals surface area contributed by atoms with E-state index < -0.39 is 0 Å². The second kappa shape index (κ2) is 12.6. The molecule has 0 N–H and O–H groups in total. The van der Waals surface area contributed by atoms with Gasteiger partial charge in [0.1, 0.15) is 12.4 Å². The molecular weight excluding hydrogens is 280 g/mol. The molecule has 0 aromatic carbocycles. The van der Waals surface area contributed by atoms with E-state index in [4.69, 9.17) is 0 Å². The summed E-state index contributed by atoms with van der Waals surface area (Å²) in [5.74, 6) is 2.09. The van der Waals surface area contributed by atoms with E-state index in [0.29, 0.717) is 5.92 Å². The van der Waals surface area contributed by atoms with Crippen LogP contribution >= 0.6 is 0 Å². The standard InChI is InChI=1S/C21H41N2/c1-5-7-8-9-10-11-12-13-14-15-16-17-23-19-18-22(6-2)21(23)20(3)4/h18-20H,5-17H2,1-4H3/q+1. The third-order valence-corrected chi connectivity index (χ3v) is 4.87. The van der Waals surface area contributed by atoms with E-state index in [0.717, 1.165) is 6.54 Å². The van der Waals surface area contributed by atoms with Crippen molar-refractivity contribution >= 4 is 0 Å². The van der Waals surface area contributed by atoms with Crippen LogP contribution in [0, 0.1) is 0 Å². The van der Waals surface area contributed by atoms with E-state index in [1.165, 1.54) is 83.0 Å². The quantitative estimate of drug-likeness (QED) is 0.284. The van der Waals surface area contributed by atoms with Crippen LogP contribution in [0.2, 0.25) is 0 Å². The van der Waals surface area contributed by atoms with Gasteiger partial charge < -0.3 is 0 Å². The number of rotatable bonds is 14. The molecule has 2 heteroatoms. The minimum Gasteiger partial charge on any atom is -0.234 e. The molecule has 0 saturated carbocycles. The Hall–Kier alpha value is -0.790. The zero-order chi connectivity index (χ0) is 16.9. The van der Waals surface area contributed by atoms with Gasteiger partial charge in [-0.25, -0.2) is 9.13 Å². The summed E-state index contributed by atoms with van der Waals surface area (Å²) in [6, 6.07) is 0. The number of imidazole rings is 1. The number of unbranched alkanes of at least 4 members (excludes halogenated alkanes) is 10. The second-order valence-electron chi connectivity index (χ2n) is 7.33. The number of aryl methyl sites for hydroxylation is 2. The highest BCUT2D eigenvalue weighted by Crippen LogP contribution is 2.13. The maximum absolute atomic E-state index is 2.47. The van der Waals surface area contributed by atoms with Crippen LogP contribution in [0.15, 0.2) is 12.4 Å². The molecule has 134 valence electrons. The van der Waals surface area contributed by atoms with Crippen molar-refractivity contribution in [1.82, 2.24) is 4.57 Å². The molecule has 0 bridgehead atoms. The fraction of sp³-hybridized carbons (Fsp3) is 0.857. The predicted molar refractivity (Wildman–Crippen MR) is 101 cm³/mol. The average molecular weight is 322 g/mol. The molecular formula is C21H41N2+. The normalized spacial score (nSPS) is 11.5. The largest absolute Gasteiger partial charge is 0.258 e. The van der Waals surface area contributed by atoms with Gasteiger partial charge in [-0.2, -0.15) is 0 Å². The monoisotopic (exact) mass is 321 g/mol. The molecule has 0 radical (unpaired) electrons. The summed E-state index contributed by atoms with van der Waals surface area (Å²) >= 11 is 0. The minimum atomic E-state index is 0.609. The van der Waals surface area contributed by atoms with Gasteiger partial charge in [-0.05, 0) is 19.8 Å². The Kier molecular flexibility index (Phi) is 11.1. The lowest BCUT2D eigenvalue weighted by Gasteiger charge is -2.07. The van der Waals surface area contributed by atoms with Crippen molar-refractivity contribution in [2.75, 3.05) is 0 Å². The minimum absolute atomic E-state index is 0.609. The van der Waals surface area contributed by atoms with Crippen molar-refractivity contribution in [3.8, 4) is 0 Å². The molecule has 0 amide bonds. The van der Waals surface area contributed by atoms with Crippen LogP contribution in [0.4, 0.5) is 0 Å². The molecule has 0 saturated heterocycles. The lowest BCUT2D eigenvalue weighted by atomic mass is 10.1. The van der Waals surface area contributed by atoms with Crippen molar-refractivity contribution in [1.29, 1.82) is 0 Å². The van der Waals surface area contributed by atoms with E-state index >= 15 is 0 Å². The zero-order valence-electron chi connectivity index (χ0n) is 16.3. The summed E-state index contributed by atoms with van der Waals surface area (Å²) in [5.41, 5.74) is 0. The molecule has 0 spiro atoms. The van der Waals surface area contributed by atoms with E-state index in [-0.39, 0.29) is 0 Å². The molecule has 23 heavy (non-hydrogen) atoms. The molecule has 1 rings (SSSR count). The molecule has 0 fully saturated rings. The Labute approximate surface area is 145 Å². The van der Waals surface area contributed by atoms with Crippen molar-refractivity contribution in [3.05, 3.63) is 18.2 Å². The SMILES string of the molecule is CCCCCCCCCCCCC[n+]1ccn(CC)c1C(C)C. The summed E-state index contributed by atoms with van der Waals surface area (Å²) in [7, 11) is 0. The Balaban J connectivity index is 2.06. The van der Waals surface area contributed by atoms with Gasteiger partial charge in [0, 0.05) is 0 Å². The summed E-state index contributed by atoms with van der Waals surface area (Å²) in [6.07, 6.45) is 20.1. The summed E-state index contributed by atoms with van der Waals surface area (Å²) in [6.45, 7) is 11.4. The highest BCUT2D eigenvalue weighted by molar-refractivity contribution is 4.89. The first kappa shape index (κ1) is 20.3. The molecule has 0 aliphatic carbocycles. The maximum atomic E-state index is 2.47. The van der Waals surface area contributed by atoms with E-state index in [9.17, 15) is 0 Å². The van der Waals surface area contributed by atoms with E-state index in [1.807, 2.05) is 0 Å². The van der Waals surface area contributed by atoms with Gasteiger partial charge in [0.15, 0.2) is 0 Å². The van der Waals surface area contributed by atoms with Crippen LogP contribution < -0.4 is 4.57 Å². The van der Waals surface area contributed by atoms with Gasteiger partial charge in [-0.1, -0.05) is 78.6 Å². The van der Waals surface area contributed by atoms with Gasteiger partial charge in [0.05, 0.1) is 19.0 Å². The fourth-order valence-corrected chi connectivity index (χ4v) is 3.54. The Morgan fingerprint density at radius 2 is 1.35 bits per heavy atom. The number of nitrogens with zero attached hydrogens (tertiary/aromatic N) is 2. The summed E-state index contributed by atoms with van der Waals surface area (Å²) < 4.78 is 4.87. The van der Waals surface area contributed by atoms with Crippen LogP contribution in [0.3, 0.4) is 0 Å². The van der Waals surface area contributed by atoms with E-state index in [1.54, 1.807) is 0 Å². The van der Waals surface area contributed by atoms with Crippen molar-refractivity contribution in [2.45, 2.75) is 117 Å². The highest BCUT2D eigenvalue weighted by atomic mass is 15.1. The number of hydrogen-bond acceptors (Lipinski definition) is 0. The Morgan fingerprint density at radius 1 is 0.826 bits per heavy atom.